The van der Waals surface area contributed by atoms with Gasteiger partial charge in [-0.15, -0.1) is 0 Å². The SMILES string of the molecule is Cc1ccc(Nc2nc(N)c(F)cc2C#N)cc1F. The Morgan fingerprint density at radius 2 is 2.00 bits per heavy atom. The summed E-state index contributed by atoms with van der Waals surface area (Å²) >= 11 is 0. The first-order valence-electron chi connectivity index (χ1n) is 5.40. The second-order valence-corrected chi connectivity index (χ2v) is 3.95. The first kappa shape index (κ1) is 12.8. The first-order chi connectivity index (χ1) is 9.01. The summed E-state index contributed by atoms with van der Waals surface area (Å²) in [6.45, 7) is 1.63. The summed E-state index contributed by atoms with van der Waals surface area (Å²) in [5, 5.41) is 11.6. The highest BCUT2D eigenvalue weighted by Gasteiger charge is 2.10. The number of nitrogens with two attached hydrogens (primary N) is 1. The zero-order chi connectivity index (χ0) is 14.0. The molecule has 0 spiro atoms. The van der Waals surface area contributed by atoms with Crippen molar-refractivity contribution in [3.05, 3.63) is 47.0 Å². The van der Waals surface area contributed by atoms with Gasteiger partial charge in [0.1, 0.15) is 11.9 Å². The van der Waals surface area contributed by atoms with Crippen molar-refractivity contribution in [1.82, 2.24) is 4.98 Å². The number of nitrogens with zero attached hydrogens (tertiary/aromatic N) is 2. The predicted octanol–water partition coefficient (Wildman–Crippen LogP) is 2.87. The lowest BCUT2D eigenvalue weighted by Gasteiger charge is -2.09. The molecule has 0 atom stereocenters. The molecule has 2 rings (SSSR count). The largest absolute Gasteiger partial charge is 0.381 e. The van der Waals surface area contributed by atoms with Crippen molar-refractivity contribution in [3.63, 3.8) is 0 Å². The highest BCUT2D eigenvalue weighted by atomic mass is 19.1. The Morgan fingerprint density at radius 3 is 2.63 bits per heavy atom. The Kier molecular flexibility index (Phi) is 3.29. The smallest absolute Gasteiger partial charge is 0.166 e. The van der Waals surface area contributed by atoms with Crippen LogP contribution in [0.5, 0.6) is 0 Å². The van der Waals surface area contributed by atoms with E-state index in [1.807, 2.05) is 0 Å². The molecule has 0 aliphatic carbocycles. The van der Waals surface area contributed by atoms with Crippen molar-refractivity contribution in [2.45, 2.75) is 6.92 Å². The highest BCUT2D eigenvalue weighted by molar-refractivity contribution is 5.64. The van der Waals surface area contributed by atoms with Crippen LogP contribution in [0.25, 0.3) is 0 Å². The number of anilines is 3. The lowest BCUT2D eigenvalue weighted by Crippen LogP contribution is -2.03. The molecule has 1 aromatic carbocycles. The van der Waals surface area contributed by atoms with Crippen LogP contribution in [0.3, 0.4) is 0 Å². The molecule has 0 aliphatic rings. The normalized spacial score (nSPS) is 10.0. The number of nitrogen functional groups attached to an aromatic ring is 1. The lowest BCUT2D eigenvalue weighted by molar-refractivity contribution is 0.619. The minimum Gasteiger partial charge on any atom is -0.381 e. The van der Waals surface area contributed by atoms with Crippen LogP contribution in [0.1, 0.15) is 11.1 Å². The van der Waals surface area contributed by atoms with Gasteiger partial charge in [-0.25, -0.2) is 13.8 Å². The standard InChI is InChI=1S/C13H10F2N4/c1-7-2-3-9(5-10(7)14)18-13-8(6-16)4-11(15)12(17)19-13/h2-5H,1H3,(H3,17,18,19). The van der Waals surface area contributed by atoms with Crippen molar-refractivity contribution >= 4 is 17.3 Å². The van der Waals surface area contributed by atoms with Crippen LogP contribution in [0, 0.1) is 29.9 Å². The second-order valence-electron chi connectivity index (χ2n) is 3.95. The third-order valence-electron chi connectivity index (χ3n) is 2.56. The van der Waals surface area contributed by atoms with Crippen LogP contribution in [-0.2, 0) is 0 Å². The van der Waals surface area contributed by atoms with Gasteiger partial charge in [0.05, 0.1) is 5.56 Å². The molecule has 1 heterocycles. The van der Waals surface area contributed by atoms with Crippen LogP contribution >= 0.6 is 0 Å². The fourth-order valence-corrected chi connectivity index (χ4v) is 1.49. The summed E-state index contributed by atoms with van der Waals surface area (Å²) in [4.78, 5) is 3.74. The number of pyridine rings is 1. The Balaban J connectivity index is 2.40. The Bertz CT molecular complexity index is 677. The van der Waals surface area contributed by atoms with Gasteiger partial charge in [0, 0.05) is 5.69 Å². The maximum absolute atomic E-state index is 13.4. The third-order valence-corrected chi connectivity index (χ3v) is 2.56. The molecule has 19 heavy (non-hydrogen) atoms. The molecule has 1 aromatic heterocycles. The van der Waals surface area contributed by atoms with Crippen LogP contribution in [0.15, 0.2) is 24.3 Å². The molecule has 0 saturated heterocycles. The van der Waals surface area contributed by atoms with Gasteiger partial charge in [0.25, 0.3) is 0 Å². The number of nitrogens with one attached hydrogen (secondary N) is 1. The van der Waals surface area contributed by atoms with Gasteiger partial charge in [-0.3, -0.25) is 0 Å². The zero-order valence-electron chi connectivity index (χ0n) is 10.0. The molecule has 6 heteroatoms. The van der Waals surface area contributed by atoms with E-state index in [-0.39, 0.29) is 17.2 Å². The number of hydrogen-bond donors (Lipinski definition) is 2. The Labute approximate surface area is 108 Å². The van der Waals surface area contributed by atoms with Gasteiger partial charge in [0.2, 0.25) is 0 Å². The molecule has 2 aromatic rings. The summed E-state index contributed by atoms with van der Waals surface area (Å²) < 4.78 is 26.6. The van der Waals surface area contributed by atoms with E-state index in [9.17, 15) is 8.78 Å². The zero-order valence-corrected chi connectivity index (χ0v) is 10.0. The van der Waals surface area contributed by atoms with Crippen LogP contribution in [0.4, 0.5) is 26.1 Å². The number of benzene rings is 1. The average Bonchev–Trinajstić information content (AvgIpc) is 2.38. The summed E-state index contributed by atoms with van der Waals surface area (Å²) in [6, 6.07) is 7.24. The van der Waals surface area contributed by atoms with E-state index in [0.29, 0.717) is 11.3 Å². The average molecular weight is 260 g/mol. The van der Waals surface area contributed by atoms with Gasteiger partial charge in [-0.1, -0.05) is 6.07 Å². The number of nitriles is 1. The van der Waals surface area contributed by atoms with E-state index < -0.39 is 11.6 Å². The number of halogens is 2. The van der Waals surface area contributed by atoms with E-state index in [2.05, 4.69) is 10.3 Å². The van der Waals surface area contributed by atoms with E-state index in [0.717, 1.165) is 6.07 Å². The minimum atomic E-state index is -0.766. The fraction of sp³-hybridized carbons (Fsp3) is 0.0769. The quantitative estimate of drug-likeness (QED) is 0.870. The summed E-state index contributed by atoms with van der Waals surface area (Å²) in [6.07, 6.45) is 0. The number of hydrogen-bond acceptors (Lipinski definition) is 4. The molecule has 0 aliphatic heterocycles. The Morgan fingerprint density at radius 1 is 1.26 bits per heavy atom. The van der Waals surface area contributed by atoms with Gasteiger partial charge in [-0.05, 0) is 30.7 Å². The first-order valence-corrected chi connectivity index (χ1v) is 5.40. The number of rotatable bonds is 2. The van der Waals surface area contributed by atoms with Crippen molar-refractivity contribution in [3.8, 4) is 6.07 Å². The minimum absolute atomic E-state index is 0.00677. The number of aryl methyl sites for hydroxylation is 1. The van der Waals surface area contributed by atoms with Gasteiger partial charge in [0.15, 0.2) is 17.5 Å². The van der Waals surface area contributed by atoms with Gasteiger partial charge in [-0.2, -0.15) is 5.26 Å². The molecule has 96 valence electrons. The predicted molar refractivity (Wildman–Crippen MR) is 67.7 cm³/mol. The molecule has 0 saturated carbocycles. The molecule has 0 fully saturated rings. The summed E-state index contributed by atoms with van der Waals surface area (Å²) in [5.74, 6) is -1.39. The van der Waals surface area contributed by atoms with Gasteiger partial charge >= 0.3 is 0 Å². The maximum atomic E-state index is 13.4. The van der Waals surface area contributed by atoms with E-state index in [1.54, 1.807) is 25.1 Å². The second kappa shape index (κ2) is 4.90. The van der Waals surface area contributed by atoms with Gasteiger partial charge < -0.3 is 11.1 Å². The summed E-state index contributed by atoms with van der Waals surface area (Å²) in [7, 11) is 0. The molecule has 0 bridgehead atoms. The van der Waals surface area contributed by atoms with E-state index in [4.69, 9.17) is 11.0 Å². The number of aromatic nitrogens is 1. The fourth-order valence-electron chi connectivity index (χ4n) is 1.49. The molecular formula is C13H10F2N4. The molecule has 0 amide bonds. The maximum Gasteiger partial charge on any atom is 0.166 e. The Hall–Kier alpha value is -2.68. The van der Waals surface area contributed by atoms with Crippen LogP contribution in [0.2, 0.25) is 0 Å². The molecule has 4 nitrogen and oxygen atoms in total. The van der Waals surface area contributed by atoms with Crippen molar-refractivity contribution in [2.24, 2.45) is 0 Å². The molecular weight excluding hydrogens is 250 g/mol. The van der Waals surface area contributed by atoms with Crippen molar-refractivity contribution < 1.29 is 8.78 Å². The van der Waals surface area contributed by atoms with E-state index >= 15 is 0 Å². The molecule has 0 radical (unpaired) electrons. The van der Waals surface area contributed by atoms with Crippen molar-refractivity contribution in [2.75, 3.05) is 11.1 Å². The van der Waals surface area contributed by atoms with Crippen molar-refractivity contribution in [1.29, 1.82) is 5.26 Å². The third kappa shape index (κ3) is 2.60. The lowest BCUT2D eigenvalue weighted by atomic mass is 10.2. The highest BCUT2D eigenvalue weighted by Crippen LogP contribution is 2.23. The molecule has 0 unspecified atom stereocenters. The summed E-state index contributed by atoms with van der Waals surface area (Å²) in [5.41, 5.74) is 6.23. The van der Waals surface area contributed by atoms with Crippen LogP contribution < -0.4 is 11.1 Å². The monoisotopic (exact) mass is 260 g/mol. The van der Waals surface area contributed by atoms with E-state index in [1.165, 1.54) is 6.07 Å². The molecule has 3 N–H and O–H groups in total. The topological polar surface area (TPSA) is 74.7 Å². The van der Waals surface area contributed by atoms with Crippen LogP contribution in [-0.4, -0.2) is 4.98 Å².